The first-order chi connectivity index (χ1) is 15.4. The lowest BCUT2D eigenvalue weighted by Crippen LogP contribution is -2.49. The van der Waals surface area contributed by atoms with Crippen LogP contribution in [0.2, 0.25) is 0 Å². The second kappa shape index (κ2) is 7.98. The molecule has 2 fully saturated rings. The topological polar surface area (TPSA) is 66.9 Å². The highest BCUT2D eigenvalue weighted by molar-refractivity contribution is 7.12. The Morgan fingerprint density at radius 2 is 1.91 bits per heavy atom. The van der Waals surface area contributed by atoms with Crippen LogP contribution in [0.1, 0.15) is 34.1 Å². The molecule has 0 unspecified atom stereocenters. The van der Waals surface area contributed by atoms with E-state index in [1.165, 1.54) is 16.2 Å². The summed E-state index contributed by atoms with van der Waals surface area (Å²) in [5, 5.41) is 1.87. The molecule has 32 heavy (non-hydrogen) atoms. The molecule has 4 heterocycles. The molecule has 2 aromatic rings. The Bertz CT molecular complexity index is 1120. The highest BCUT2D eigenvalue weighted by atomic mass is 32.1. The molecule has 3 aliphatic rings. The lowest BCUT2D eigenvalue weighted by molar-refractivity contribution is -0.140. The first-order valence-electron chi connectivity index (χ1n) is 10.9. The van der Waals surface area contributed by atoms with E-state index in [1.54, 1.807) is 13.2 Å². The molecule has 0 radical (unpaired) electrons. The molecule has 4 atom stereocenters. The lowest BCUT2D eigenvalue weighted by Gasteiger charge is -2.38. The fourth-order valence-electron chi connectivity index (χ4n) is 5.47. The van der Waals surface area contributed by atoms with Crippen LogP contribution in [0.4, 0.5) is 5.69 Å². The smallest absolute Gasteiger partial charge is 0.235 e. The Morgan fingerprint density at radius 1 is 1.12 bits per heavy atom. The van der Waals surface area contributed by atoms with Gasteiger partial charge in [-0.3, -0.25) is 19.3 Å². The van der Waals surface area contributed by atoms with Gasteiger partial charge < -0.3 is 9.64 Å². The van der Waals surface area contributed by atoms with Crippen molar-refractivity contribution in [2.75, 3.05) is 25.2 Å². The predicted molar refractivity (Wildman–Crippen MR) is 124 cm³/mol. The van der Waals surface area contributed by atoms with E-state index in [0.717, 1.165) is 22.4 Å². The molecule has 7 heteroatoms. The van der Waals surface area contributed by atoms with E-state index in [0.29, 0.717) is 24.4 Å². The first-order valence-corrected chi connectivity index (χ1v) is 11.8. The summed E-state index contributed by atoms with van der Waals surface area (Å²) in [7, 11) is 1.60. The van der Waals surface area contributed by atoms with Gasteiger partial charge in [-0.1, -0.05) is 23.8 Å². The largest absolute Gasteiger partial charge is 0.385 e. The number of imide groups is 1. The molecule has 0 spiro atoms. The number of anilines is 1. The van der Waals surface area contributed by atoms with Crippen molar-refractivity contribution in [3.63, 3.8) is 0 Å². The number of thiophene rings is 1. The molecular formula is C25H26N2O4S. The minimum Gasteiger partial charge on any atom is -0.385 e. The molecule has 0 aliphatic carbocycles. The Morgan fingerprint density at radius 3 is 2.62 bits per heavy atom. The number of ether oxygens (including phenoxy) is 1. The van der Waals surface area contributed by atoms with Gasteiger partial charge in [-0.15, -0.1) is 11.3 Å². The van der Waals surface area contributed by atoms with Gasteiger partial charge in [0, 0.05) is 31.5 Å². The van der Waals surface area contributed by atoms with E-state index in [4.69, 9.17) is 4.74 Å². The van der Waals surface area contributed by atoms with Crippen LogP contribution in [0.5, 0.6) is 0 Å². The van der Waals surface area contributed by atoms with Crippen LogP contribution >= 0.6 is 11.3 Å². The molecule has 0 bridgehead atoms. The van der Waals surface area contributed by atoms with Crippen molar-refractivity contribution in [2.45, 2.75) is 32.4 Å². The number of methoxy groups -OCH3 is 1. The second-order valence-corrected chi connectivity index (χ2v) is 9.73. The van der Waals surface area contributed by atoms with Crippen LogP contribution in [0.25, 0.3) is 5.57 Å². The average molecular weight is 451 g/mol. The Balaban J connectivity index is 1.62. The zero-order valence-corrected chi connectivity index (χ0v) is 19.2. The molecule has 2 saturated heterocycles. The minimum absolute atomic E-state index is 0.0862. The van der Waals surface area contributed by atoms with Gasteiger partial charge in [-0.25, -0.2) is 0 Å². The number of hydrogen-bond acceptors (Lipinski definition) is 6. The van der Waals surface area contributed by atoms with Crippen molar-refractivity contribution in [1.29, 1.82) is 0 Å². The zero-order valence-electron chi connectivity index (χ0n) is 18.4. The fraction of sp³-hybridized carbons (Fsp3) is 0.400. The highest BCUT2D eigenvalue weighted by Gasteiger charge is 2.64. The third kappa shape index (κ3) is 3.06. The van der Waals surface area contributed by atoms with Crippen molar-refractivity contribution in [2.24, 2.45) is 11.8 Å². The number of carbonyl (C=O) groups is 3. The number of carbonyl (C=O) groups excluding carboxylic acids is 3. The SMILES string of the molecule is COCCCN1C(=O)[C@@H]2[C@H](C1=O)[C@H]1C=C(C)c3cc(C)ccc3N1[C@H]2C(=O)c1cccs1. The Kier molecular flexibility index (Phi) is 5.26. The molecule has 1 aromatic carbocycles. The monoisotopic (exact) mass is 450 g/mol. The summed E-state index contributed by atoms with van der Waals surface area (Å²) >= 11 is 1.38. The van der Waals surface area contributed by atoms with Gasteiger partial charge in [-0.05, 0) is 49.4 Å². The van der Waals surface area contributed by atoms with Crippen molar-refractivity contribution >= 4 is 40.2 Å². The predicted octanol–water partition coefficient (Wildman–Crippen LogP) is 3.55. The van der Waals surface area contributed by atoms with Crippen molar-refractivity contribution in [3.8, 4) is 0 Å². The van der Waals surface area contributed by atoms with Crippen molar-refractivity contribution in [1.82, 2.24) is 4.90 Å². The number of rotatable bonds is 6. The van der Waals surface area contributed by atoms with Crippen LogP contribution in [-0.4, -0.2) is 54.8 Å². The number of fused-ring (bicyclic) bond motifs is 5. The van der Waals surface area contributed by atoms with Crippen molar-refractivity contribution < 1.29 is 19.1 Å². The minimum atomic E-state index is -0.696. The summed E-state index contributed by atoms with van der Waals surface area (Å²) < 4.78 is 5.10. The third-order valence-electron chi connectivity index (χ3n) is 6.86. The highest BCUT2D eigenvalue weighted by Crippen LogP contribution is 2.50. The standard InChI is InChI=1S/C25H26N2O4S/c1-14-7-8-17-16(12-14)15(2)13-18-20-21(25(30)26(24(20)29)9-5-10-31-3)22(27(17)18)23(28)19-6-4-11-32-19/h4,6-8,11-13,18,20-22H,5,9-10H2,1-3H3/t18-,20-,21-,22-/m1/s1. The number of amides is 2. The molecule has 166 valence electrons. The molecule has 1 aromatic heterocycles. The quantitative estimate of drug-likeness (QED) is 0.383. The van der Waals surface area contributed by atoms with Gasteiger partial charge in [0.25, 0.3) is 0 Å². The number of hydrogen-bond donors (Lipinski definition) is 0. The van der Waals surface area contributed by atoms with Crippen LogP contribution in [-0.2, 0) is 14.3 Å². The number of nitrogens with zero attached hydrogens (tertiary/aromatic N) is 2. The molecule has 2 amide bonds. The van der Waals surface area contributed by atoms with E-state index >= 15 is 0 Å². The molecule has 3 aliphatic heterocycles. The number of likely N-dealkylation sites (tertiary alicyclic amines) is 1. The third-order valence-corrected chi connectivity index (χ3v) is 7.74. The summed E-state index contributed by atoms with van der Waals surface area (Å²) in [6, 6.07) is 8.79. The average Bonchev–Trinajstić information content (AvgIpc) is 3.47. The number of aryl methyl sites for hydroxylation is 1. The fourth-order valence-corrected chi connectivity index (χ4v) is 6.17. The van der Waals surface area contributed by atoms with Gasteiger partial charge in [0.15, 0.2) is 5.78 Å². The van der Waals surface area contributed by atoms with Crippen LogP contribution < -0.4 is 4.90 Å². The number of allylic oxidation sites excluding steroid dienone is 1. The number of benzene rings is 1. The van der Waals surface area contributed by atoms with E-state index < -0.39 is 17.9 Å². The van der Waals surface area contributed by atoms with E-state index in [2.05, 4.69) is 12.1 Å². The summed E-state index contributed by atoms with van der Waals surface area (Å²) in [6.07, 6.45) is 2.66. The molecule has 0 N–H and O–H groups in total. The Labute approximate surface area is 191 Å². The summed E-state index contributed by atoms with van der Waals surface area (Å²) in [4.78, 5) is 44.8. The van der Waals surface area contributed by atoms with Gasteiger partial charge in [-0.2, -0.15) is 0 Å². The maximum Gasteiger partial charge on any atom is 0.235 e. The number of ketones is 1. The van der Waals surface area contributed by atoms with E-state index in [-0.39, 0.29) is 23.6 Å². The van der Waals surface area contributed by atoms with Gasteiger partial charge in [0.05, 0.1) is 22.8 Å². The van der Waals surface area contributed by atoms with Crippen LogP contribution in [0.15, 0.2) is 41.8 Å². The summed E-state index contributed by atoms with van der Waals surface area (Å²) in [5.41, 5.74) is 4.19. The summed E-state index contributed by atoms with van der Waals surface area (Å²) in [5.74, 6) is -1.73. The van der Waals surface area contributed by atoms with Crippen LogP contribution in [0.3, 0.4) is 0 Å². The second-order valence-electron chi connectivity index (χ2n) is 8.78. The molecule has 6 nitrogen and oxygen atoms in total. The van der Waals surface area contributed by atoms with E-state index in [9.17, 15) is 14.4 Å². The maximum absolute atomic E-state index is 13.7. The van der Waals surface area contributed by atoms with Gasteiger partial charge >= 0.3 is 0 Å². The van der Waals surface area contributed by atoms with Gasteiger partial charge in [0.2, 0.25) is 11.8 Å². The molecule has 0 saturated carbocycles. The Hall–Kier alpha value is -2.77. The van der Waals surface area contributed by atoms with Crippen molar-refractivity contribution in [3.05, 3.63) is 57.8 Å². The van der Waals surface area contributed by atoms with Gasteiger partial charge in [0.1, 0.15) is 6.04 Å². The normalized spacial score (nSPS) is 26.2. The first kappa shape index (κ1) is 21.1. The summed E-state index contributed by atoms with van der Waals surface area (Å²) in [6.45, 7) is 4.88. The maximum atomic E-state index is 13.7. The van der Waals surface area contributed by atoms with Crippen LogP contribution in [0, 0.1) is 18.8 Å². The number of Topliss-reactive ketones (excluding diaryl/α,β-unsaturated/α-hetero) is 1. The zero-order chi connectivity index (χ0) is 22.6. The molecular weight excluding hydrogens is 424 g/mol. The molecule has 5 rings (SSSR count). The van der Waals surface area contributed by atoms with E-state index in [1.807, 2.05) is 42.3 Å². The lowest BCUT2D eigenvalue weighted by atomic mass is 9.86.